The number of rotatable bonds is 3. The molecule has 1 saturated carbocycles. The Labute approximate surface area is 102 Å². The average Bonchev–Trinajstić information content (AvgIpc) is 3.11. The van der Waals surface area contributed by atoms with Gasteiger partial charge < -0.3 is 10.0 Å². The van der Waals surface area contributed by atoms with Gasteiger partial charge >= 0.3 is 0 Å². The number of hydrogen-bond acceptors (Lipinski definition) is 2. The van der Waals surface area contributed by atoms with E-state index in [9.17, 15) is 9.90 Å². The van der Waals surface area contributed by atoms with Crippen LogP contribution in [-0.4, -0.2) is 24.7 Å². The van der Waals surface area contributed by atoms with Crippen LogP contribution in [0.25, 0.3) is 0 Å². The molecule has 0 atom stereocenters. The van der Waals surface area contributed by atoms with Gasteiger partial charge in [0.2, 0.25) is 5.91 Å². The monoisotopic (exact) mass is 233 g/mol. The van der Waals surface area contributed by atoms with Crippen molar-refractivity contribution in [3.63, 3.8) is 0 Å². The molecular weight excluding hydrogens is 214 g/mol. The molecule has 2 rings (SSSR count). The molecule has 0 heterocycles. The van der Waals surface area contributed by atoms with Crippen molar-refractivity contribution in [2.75, 3.05) is 18.6 Å². The number of amides is 1. The Hall–Kier alpha value is -1.35. The topological polar surface area (TPSA) is 40.5 Å². The summed E-state index contributed by atoms with van der Waals surface area (Å²) in [5.41, 5.74) is 2.67. The predicted octanol–water partition coefficient (Wildman–Crippen LogP) is 2.04. The summed E-state index contributed by atoms with van der Waals surface area (Å²) >= 11 is 0. The van der Waals surface area contributed by atoms with Crippen molar-refractivity contribution >= 4 is 11.6 Å². The fourth-order valence-corrected chi connectivity index (χ4v) is 2.14. The molecule has 1 aliphatic carbocycles. The molecule has 1 amide bonds. The largest absolute Gasteiger partial charge is 0.395 e. The summed E-state index contributed by atoms with van der Waals surface area (Å²) in [6, 6.07) is 6.07. The Bertz CT molecular complexity index is 450. The molecule has 92 valence electrons. The van der Waals surface area contributed by atoms with Crippen molar-refractivity contribution in [2.45, 2.75) is 26.7 Å². The van der Waals surface area contributed by atoms with E-state index < -0.39 is 5.41 Å². The quantitative estimate of drug-likeness (QED) is 0.868. The van der Waals surface area contributed by atoms with Gasteiger partial charge in [0, 0.05) is 12.7 Å². The number of carbonyl (C=O) groups excluding carboxylic acids is 1. The van der Waals surface area contributed by atoms with E-state index in [0.717, 1.165) is 29.7 Å². The lowest BCUT2D eigenvalue weighted by Crippen LogP contribution is -2.36. The van der Waals surface area contributed by atoms with Crippen LogP contribution < -0.4 is 4.90 Å². The minimum Gasteiger partial charge on any atom is -0.395 e. The van der Waals surface area contributed by atoms with Gasteiger partial charge in [-0.25, -0.2) is 0 Å². The predicted molar refractivity (Wildman–Crippen MR) is 68.1 cm³/mol. The van der Waals surface area contributed by atoms with Crippen molar-refractivity contribution in [2.24, 2.45) is 5.41 Å². The average molecular weight is 233 g/mol. The van der Waals surface area contributed by atoms with Gasteiger partial charge in [-0.05, 0) is 43.9 Å². The molecule has 0 radical (unpaired) electrons. The Kier molecular flexibility index (Phi) is 2.96. The van der Waals surface area contributed by atoms with Gasteiger partial charge in [0.25, 0.3) is 0 Å². The molecule has 1 aromatic rings. The highest BCUT2D eigenvalue weighted by Gasteiger charge is 2.50. The Morgan fingerprint density at radius 2 is 2.06 bits per heavy atom. The van der Waals surface area contributed by atoms with Crippen LogP contribution in [0.4, 0.5) is 5.69 Å². The molecule has 0 unspecified atom stereocenters. The van der Waals surface area contributed by atoms with E-state index in [0.29, 0.717) is 0 Å². The minimum absolute atomic E-state index is 0.0358. The van der Waals surface area contributed by atoms with Crippen molar-refractivity contribution < 1.29 is 9.90 Å². The number of carbonyl (C=O) groups is 1. The SMILES string of the molecule is Cc1ccc(C)c(N(C)C(=O)C2(CO)CC2)c1. The van der Waals surface area contributed by atoms with Crippen molar-refractivity contribution in [1.82, 2.24) is 0 Å². The zero-order chi connectivity index (χ0) is 12.6. The van der Waals surface area contributed by atoms with E-state index in [-0.39, 0.29) is 12.5 Å². The summed E-state index contributed by atoms with van der Waals surface area (Å²) in [6.07, 6.45) is 1.61. The third kappa shape index (κ3) is 2.07. The zero-order valence-corrected chi connectivity index (χ0v) is 10.7. The summed E-state index contributed by atoms with van der Waals surface area (Å²) < 4.78 is 0. The minimum atomic E-state index is -0.495. The van der Waals surface area contributed by atoms with E-state index >= 15 is 0 Å². The van der Waals surface area contributed by atoms with Crippen LogP contribution in [0.2, 0.25) is 0 Å². The van der Waals surface area contributed by atoms with E-state index in [1.165, 1.54) is 0 Å². The normalized spacial score (nSPS) is 16.7. The van der Waals surface area contributed by atoms with Crippen molar-refractivity contribution in [3.05, 3.63) is 29.3 Å². The van der Waals surface area contributed by atoms with E-state index in [2.05, 4.69) is 0 Å². The van der Waals surface area contributed by atoms with Gasteiger partial charge in [-0.1, -0.05) is 12.1 Å². The molecule has 1 aliphatic rings. The molecule has 0 spiro atoms. The third-order valence-electron chi connectivity index (χ3n) is 3.64. The second kappa shape index (κ2) is 4.15. The van der Waals surface area contributed by atoms with Gasteiger partial charge in [-0.15, -0.1) is 0 Å². The van der Waals surface area contributed by atoms with Crippen molar-refractivity contribution in [3.8, 4) is 0 Å². The van der Waals surface area contributed by atoms with Crippen LogP contribution in [0, 0.1) is 19.3 Å². The summed E-state index contributed by atoms with van der Waals surface area (Å²) in [5, 5.41) is 9.30. The third-order valence-corrected chi connectivity index (χ3v) is 3.64. The first-order valence-corrected chi connectivity index (χ1v) is 5.96. The number of aliphatic hydroxyl groups is 1. The molecule has 0 aromatic heterocycles. The number of aryl methyl sites for hydroxylation is 2. The lowest BCUT2D eigenvalue weighted by molar-refractivity contribution is -0.124. The molecular formula is C14H19NO2. The molecule has 3 heteroatoms. The maximum absolute atomic E-state index is 12.3. The summed E-state index contributed by atoms with van der Waals surface area (Å²) in [4.78, 5) is 14.0. The van der Waals surface area contributed by atoms with E-state index in [1.807, 2.05) is 32.0 Å². The highest BCUT2D eigenvalue weighted by atomic mass is 16.3. The van der Waals surface area contributed by atoms with E-state index in [4.69, 9.17) is 0 Å². The second-order valence-corrected chi connectivity index (χ2v) is 5.09. The van der Waals surface area contributed by atoms with Crippen LogP contribution in [0.1, 0.15) is 24.0 Å². The standard InChI is InChI=1S/C14H19NO2/c1-10-4-5-11(2)12(8-10)15(3)13(17)14(9-16)6-7-14/h4-5,8,16H,6-7,9H2,1-3H3. The van der Waals surface area contributed by atoms with Gasteiger partial charge in [0.1, 0.15) is 0 Å². The Morgan fingerprint density at radius 1 is 1.41 bits per heavy atom. The Balaban J connectivity index is 2.28. The molecule has 3 nitrogen and oxygen atoms in total. The number of anilines is 1. The smallest absolute Gasteiger partial charge is 0.235 e. The molecule has 0 aliphatic heterocycles. The number of hydrogen-bond donors (Lipinski definition) is 1. The highest BCUT2D eigenvalue weighted by molar-refractivity contribution is 5.99. The van der Waals surface area contributed by atoms with Crippen LogP contribution in [0.15, 0.2) is 18.2 Å². The molecule has 0 saturated heterocycles. The van der Waals surface area contributed by atoms with Crippen LogP contribution in [0.3, 0.4) is 0 Å². The lowest BCUT2D eigenvalue weighted by atomic mass is 10.0. The number of benzene rings is 1. The molecule has 1 aromatic carbocycles. The van der Waals surface area contributed by atoms with Crippen LogP contribution in [-0.2, 0) is 4.79 Å². The summed E-state index contributed by atoms with van der Waals surface area (Å²) in [5.74, 6) is 0.0358. The summed E-state index contributed by atoms with van der Waals surface area (Å²) in [7, 11) is 1.79. The van der Waals surface area contributed by atoms with Gasteiger partial charge in [-0.3, -0.25) is 4.79 Å². The summed E-state index contributed by atoms with van der Waals surface area (Å²) in [6.45, 7) is 3.97. The maximum atomic E-state index is 12.3. The first-order valence-electron chi connectivity index (χ1n) is 5.96. The molecule has 1 N–H and O–H groups in total. The zero-order valence-electron chi connectivity index (χ0n) is 10.7. The van der Waals surface area contributed by atoms with Crippen molar-refractivity contribution in [1.29, 1.82) is 0 Å². The van der Waals surface area contributed by atoms with Gasteiger partial charge in [-0.2, -0.15) is 0 Å². The highest BCUT2D eigenvalue weighted by Crippen LogP contribution is 2.47. The van der Waals surface area contributed by atoms with Crippen LogP contribution in [0.5, 0.6) is 0 Å². The van der Waals surface area contributed by atoms with E-state index in [1.54, 1.807) is 11.9 Å². The number of nitrogens with zero attached hydrogens (tertiary/aromatic N) is 1. The second-order valence-electron chi connectivity index (χ2n) is 5.09. The first-order chi connectivity index (χ1) is 8.00. The molecule has 0 bridgehead atoms. The first kappa shape index (κ1) is 12.1. The van der Waals surface area contributed by atoms with Crippen LogP contribution >= 0.6 is 0 Å². The number of aliphatic hydroxyl groups excluding tert-OH is 1. The molecule has 1 fully saturated rings. The fourth-order valence-electron chi connectivity index (χ4n) is 2.14. The van der Waals surface area contributed by atoms with Gasteiger partial charge in [0.05, 0.1) is 12.0 Å². The lowest BCUT2D eigenvalue weighted by Gasteiger charge is -2.24. The Morgan fingerprint density at radius 3 is 2.59 bits per heavy atom. The molecule has 17 heavy (non-hydrogen) atoms. The fraction of sp³-hybridized carbons (Fsp3) is 0.500. The van der Waals surface area contributed by atoms with Gasteiger partial charge in [0.15, 0.2) is 0 Å². The maximum Gasteiger partial charge on any atom is 0.235 e.